The van der Waals surface area contributed by atoms with Crippen LogP contribution in [0.2, 0.25) is 16.4 Å². The average Bonchev–Trinajstić information content (AvgIpc) is 1.93. The van der Waals surface area contributed by atoms with Crippen molar-refractivity contribution in [1.82, 2.24) is 0 Å². The van der Waals surface area contributed by atoms with Gasteiger partial charge in [-0.05, 0) is 0 Å². The van der Waals surface area contributed by atoms with Gasteiger partial charge in [-0.25, -0.2) is 0 Å². The van der Waals surface area contributed by atoms with E-state index in [9.17, 15) is 0 Å². The molecular weight excluding hydrogens is 222 g/mol. The number of rotatable bonds is 2. The zero-order valence-corrected chi connectivity index (χ0v) is 9.18. The molecule has 0 aliphatic carbocycles. The number of hydrogen-bond acceptors (Lipinski definition) is 1. The second-order valence-corrected chi connectivity index (χ2v) is 6.53. The monoisotopic (exact) mass is 232 g/mol. The van der Waals surface area contributed by atoms with Crippen molar-refractivity contribution in [2.24, 2.45) is 0 Å². The van der Waals surface area contributed by atoms with Crippen molar-refractivity contribution in [3.63, 3.8) is 0 Å². The van der Waals surface area contributed by atoms with Crippen LogP contribution in [0.3, 0.4) is 0 Å². The predicted octanol–water partition coefficient (Wildman–Crippen LogP) is 2.97. The molecule has 0 N–H and O–H groups in total. The van der Waals surface area contributed by atoms with Gasteiger partial charge in [-0.2, -0.15) is 0 Å². The van der Waals surface area contributed by atoms with Gasteiger partial charge in [0.1, 0.15) is 0 Å². The van der Waals surface area contributed by atoms with E-state index in [0.29, 0.717) is 5.02 Å². The van der Waals surface area contributed by atoms with Gasteiger partial charge in [-0.1, -0.05) is 0 Å². The van der Waals surface area contributed by atoms with Crippen molar-refractivity contribution in [2.45, 2.75) is 11.4 Å². The van der Waals surface area contributed by atoms with Crippen LogP contribution in [-0.2, 0) is 0 Å². The molecule has 0 spiro atoms. The van der Waals surface area contributed by atoms with Gasteiger partial charge < -0.3 is 0 Å². The first-order valence-electron chi connectivity index (χ1n) is 3.30. The molecule has 1 aromatic rings. The number of halogens is 1. The summed E-state index contributed by atoms with van der Waals surface area (Å²) >= 11 is 4.80. The third-order valence-electron chi connectivity index (χ3n) is 1.12. The van der Waals surface area contributed by atoms with Gasteiger partial charge in [-0.3, -0.25) is 0 Å². The van der Waals surface area contributed by atoms with Crippen molar-refractivity contribution in [2.75, 3.05) is 0 Å². The Morgan fingerprint density at radius 3 is 2.45 bits per heavy atom. The van der Waals surface area contributed by atoms with Gasteiger partial charge in [0.2, 0.25) is 0 Å². The molecule has 0 aromatic heterocycles. The van der Waals surface area contributed by atoms with E-state index >= 15 is 0 Å². The first-order valence-corrected chi connectivity index (χ1v) is 8.19. The van der Waals surface area contributed by atoms with Crippen LogP contribution in [0.4, 0.5) is 0 Å². The Morgan fingerprint density at radius 1 is 1.27 bits per heavy atom. The Balaban J connectivity index is 2.78. The average molecular weight is 233 g/mol. The van der Waals surface area contributed by atoms with Gasteiger partial charge in [-0.15, -0.1) is 0 Å². The van der Waals surface area contributed by atoms with E-state index in [2.05, 4.69) is 11.4 Å². The Bertz CT molecular complexity index is 237. The van der Waals surface area contributed by atoms with Gasteiger partial charge in [0.25, 0.3) is 0 Å². The summed E-state index contributed by atoms with van der Waals surface area (Å²) in [5, 5.41) is 0.704. The molecule has 0 saturated heterocycles. The van der Waals surface area contributed by atoms with Gasteiger partial charge in [0.15, 0.2) is 0 Å². The molecule has 1 rings (SSSR count). The summed E-state index contributed by atoms with van der Waals surface area (Å²) in [5.41, 5.74) is 4.24. The molecule has 0 aliphatic rings. The summed E-state index contributed by atoms with van der Waals surface area (Å²) < 4.78 is 5.56. The van der Waals surface area contributed by atoms with Crippen LogP contribution in [0.5, 0.6) is 5.75 Å². The van der Waals surface area contributed by atoms with E-state index < -0.39 is 15.0 Å². The molecule has 0 saturated carbocycles. The van der Waals surface area contributed by atoms with Gasteiger partial charge in [0.05, 0.1) is 0 Å². The van der Waals surface area contributed by atoms with Crippen LogP contribution >= 0.6 is 11.6 Å². The summed E-state index contributed by atoms with van der Waals surface area (Å²) in [6.07, 6.45) is 0. The van der Waals surface area contributed by atoms with E-state index in [0.717, 1.165) is 5.75 Å². The Hall–Kier alpha value is -0.132. The standard InChI is InChI=1S/C8H10AsClO/c1-9(2)11-8-6-4-3-5-7(8)10/h3-6H,1-2H3. The van der Waals surface area contributed by atoms with Crippen LogP contribution in [0.15, 0.2) is 24.3 Å². The zero-order chi connectivity index (χ0) is 8.27. The second kappa shape index (κ2) is 4.04. The van der Waals surface area contributed by atoms with Crippen LogP contribution in [0.1, 0.15) is 0 Å². The summed E-state index contributed by atoms with van der Waals surface area (Å²) in [4.78, 5) is 0. The van der Waals surface area contributed by atoms with E-state index in [1.165, 1.54) is 0 Å². The normalized spacial score (nSPS) is 10.2. The molecule has 0 amide bonds. The van der Waals surface area contributed by atoms with Crippen LogP contribution in [0.25, 0.3) is 0 Å². The van der Waals surface area contributed by atoms with Crippen molar-refractivity contribution >= 4 is 26.6 Å². The molecule has 0 bridgehead atoms. The first-order chi connectivity index (χ1) is 5.20. The fraction of sp³-hybridized carbons (Fsp3) is 0.250. The van der Waals surface area contributed by atoms with E-state index in [1.807, 2.05) is 24.3 Å². The Labute approximate surface area is 76.9 Å². The minimum absolute atomic E-state index is 0.704. The van der Waals surface area contributed by atoms with Crippen molar-refractivity contribution in [3.05, 3.63) is 29.3 Å². The van der Waals surface area contributed by atoms with Crippen LogP contribution < -0.4 is 3.73 Å². The molecule has 1 nitrogen and oxygen atoms in total. The van der Waals surface area contributed by atoms with Crippen LogP contribution in [-0.4, -0.2) is 15.0 Å². The van der Waals surface area contributed by atoms with E-state index in [4.69, 9.17) is 15.3 Å². The van der Waals surface area contributed by atoms with Crippen LogP contribution in [0, 0.1) is 0 Å². The van der Waals surface area contributed by atoms with E-state index in [-0.39, 0.29) is 0 Å². The Kier molecular flexibility index (Phi) is 3.29. The molecule has 0 heterocycles. The van der Waals surface area contributed by atoms with Crippen molar-refractivity contribution < 1.29 is 3.73 Å². The third-order valence-corrected chi connectivity index (χ3v) is 2.61. The minimum atomic E-state index is -1.07. The number of hydrogen-bond donors (Lipinski definition) is 0. The summed E-state index contributed by atoms with van der Waals surface area (Å²) in [7, 11) is 0. The molecule has 11 heavy (non-hydrogen) atoms. The van der Waals surface area contributed by atoms with Crippen molar-refractivity contribution in [3.8, 4) is 5.75 Å². The molecule has 0 fully saturated rings. The molecule has 0 aliphatic heterocycles. The number of benzene rings is 1. The Morgan fingerprint density at radius 2 is 1.91 bits per heavy atom. The van der Waals surface area contributed by atoms with Gasteiger partial charge in [0, 0.05) is 0 Å². The maximum absolute atomic E-state index is 5.87. The molecule has 3 heteroatoms. The molecular formula is C8H10AsClO. The maximum atomic E-state index is 5.87. The predicted molar refractivity (Wildman–Crippen MR) is 49.6 cm³/mol. The fourth-order valence-electron chi connectivity index (χ4n) is 0.715. The summed E-state index contributed by atoms with van der Waals surface area (Å²) in [5.74, 6) is 0.819. The third kappa shape index (κ3) is 2.76. The summed E-state index contributed by atoms with van der Waals surface area (Å²) in [6.45, 7) is 0. The molecule has 1 aromatic carbocycles. The number of para-hydroxylation sites is 1. The first kappa shape index (κ1) is 8.96. The molecule has 0 radical (unpaired) electrons. The molecule has 0 unspecified atom stereocenters. The van der Waals surface area contributed by atoms with E-state index in [1.54, 1.807) is 0 Å². The fourth-order valence-corrected chi connectivity index (χ4v) is 2.17. The molecule has 0 atom stereocenters. The zero-order valence-electron chi connectivity index (χ0n) is 6.54. The SMILES string of the molecule is C[As](C)Oc1ccccc1Cl. The molecule has 60 valence electrons. The van der Waals surface area contributed by atoms with Gasteiger partial charge >= 0.3 is 76.8 Å². The summed E-state index contributed by atoms with van der Waals surface area (Å²) in [6, 6.07) is 7.57. The topological polar surface area (TPSA) is 9.23 Å². The van der Waals surface area contributed by atoms with Crippen molar-refractivity contribution in [1.29, 1.82) is 0 Å². The quantitative estimate of drug-likeness (QED) is 0.713. The second-order valence-electron chi connectivity index (χ2n) is 2.33.